The lowest BCUT2D eigenvalue weighted by molar-refractivity contribution is -0.386. The van der Waals surface area contributed by atoms with Crippen molar-refractivity contribution in [3.63, 3.8) is 0 Å². The smallest absolute Gasteiger partial charge is 0.275 e. The number of aromatic hydroxyl groups is 1. The van der Waals surface area contributed by atoms with Gasteiger partial charge in [-0.15, -0.1) is 0 Å². The molecule has 0 bridgehead atoms. The largest absolute Gasteiger partial charge is 0.508 e. The maximum Gasteiger partial charge on any atom is 0.275 e. The molecule has 88 valence electrons. The topological polar surface area (TPSA) is 115 Å². The number of aryl methyl sites for hydroxylation is 1. The van der Waals surface area contributed by atoms with E-state index >= 15 is 0 Å². The Morgan fingerprint density at radius 1 is 1.56 bits per heavy atom. The molecule has 0 fully saturated rings. The lowest BCUT2D eigenvalue weighted by Gasteiger charge is -2.15. The molecule has 0 saturated carbocycles. The normalized spacial score (nSPS) is 12.5. The second kappa shape index (κ2) is 4.46. The Labute approximate surface area is 93.0 Å². The number of hydrogen-bond acceptors (Lipinski definition) is 5. The zero-order valence-electron chi connectivity index (χ0n) is 9.23. The number of phenols is 1. The summed E-state index contributed by atoms with van der Waals surface area (Å²) < 4.78 is 0. The van der Waals surface area contributed by atoms with Gasteiger partial charge < -0.3 is 16.6 Å². The first-order chi connectivity index (χ1) is 7.40. The van der Waals surface area contributed by atoms with Gasteiger partial charge >= 0.3 is 0 Å². The van der Waals surface area contributed by atoms with E-state index in [0.29, 0.717) is 16.7 Å². The van der Waals surface area contributed by atoms with Crippen LogP contribution in [0, 0.1) is 24.0 Å². The Balaban J connectivity index is 3.51. The summed E-state index contributed by atoms with van der Waals surface area (Å²) >= 11 is 0. The van der Waals surface area contributed by atoms with Crippen molar-refractivity contribution >= 4 is 5.69 Å². The van der Waals surface area contributed by atoms with E-state index in [1.54, 1.807) is 13.8 Å². The van der Waals surface area contributed by atoms with Crippen LogP contribution in [0.4, 0.5) is 5.69 Å². The second-order valence-corrected chi connectivity index (χ2v) is 3.70. The predicted octanol–water partition coefficient (Wildman–Crippen LogP) is 0.876. The van der Waals surface area contributed by atoms with Gasteiger partial charge in [0.25, 0.3) is 5.69 Å². The first-order valence-electron chi connectivity index (χ1n) is 4.83. The molecule has 1 rings (SSSR count). The number of phenolic OH excluding ortho intramolecular Hbond substituents is 1. The fourth-order valence-corrected chi connectivity index (χ4v) is 1.83. The van der Waals surface area contributed by atoms with Crippen LogP contribution in [-0.2, 0) is 0 Å². The minimum atomic E-state index is -0.598. The van der Waals surface area contributed by atoms with Crippen molar-refractivity contribution in [3.05, 3.63) is 32.9 Å². The number of nitro groups is 1. The van der Waals surface area contributed by atoms with Crippen LogP contribution in [0.5, 0.6) is 5.75 Å². The van der Waals surface area contributed by atoms with Gasteiger partial charge in [0.1, 0.15) is 5.75 Å². The van der Waals surface area contributed by atoms with Gasteiger partial charge in [-0.3, -0.25) is 10.1 Å². The van der Waals surface area contributed by atoms with Crippen molar-refractivity contribution in [1.82, 2.24) is 0 Å². The fourth-order valence-electron chi connectivity index (χ4n) is 1.83. The monoisotopic (exact) mass is 225 g/mol. The van der Waals surface area contributed by atoms with E-state index in [-0.39, 0.29) is 18.0 Å². The van der Waals surface area contributed by atoms with Crippen molar-refractivity contribution < 1.29 is 10.0 Å². The molecule has 0 radical (unpaired) electrons. The Morgan fingerprint density at radius 2 is 2.12 bits per heavy atom. The van der Waals surface area contributed by atoms with Gasteiger partial charge in [-0.05, 0) is 19.9 Å². The van der Waals surface area contributed by atoms with Crippen molar-refractivity contribution in [2.75, 3.05) is 6.54 Å². The highest BCUT2D eigenvalue weighted by atomic mass is 16.6. The molecule has 6 nitrogen and oxygen atoms in total. The average Bonchev–Trinajstić information content (AvgIpc) is 2.15. The highest BCUT2D eigenvalue weighted by molar-refractivity contribution is 5.57. The van der Waals surface area contributed by atoms with Crippen LogP contribution < -0.4 is 11.5 Å². The summed E-state index contributed by atoms with van der Waals surface area (Å²) in [6, 6.07) is 0.745. The van der Waals surface area contributed by atoms with E-state index in [4.69, 9.17) is 11.5 Å². The van der Waals surface area contributed by atoms with Crippen molar-refractivity contribution in [2.45, 2.75) is 19.9 Å². The zero-order chi connectivity index (χ0) is 12.5. The molecule has 0 aliphatic rings. The summed E-state index contributed by atoms with van der Waals surface area (Å²) in [4.78, 5) is 10.4. The molecular weight excluding hydrogens is 210 g/mol. The molecule has 0 aliphatic heterocycles. The van der Waals surface area contributed by atoms with E-state index in [0.717, 1.165) is 0 Å². The molecular formula is C10H15N3O3. The number of hydrogen-bond donors (Lipinski definition) is 3. The average molecular weight is 225 g/mol. The molecule has 6 heteroatoms. The van der Waals surface area contributed by atoms with Crippen molar-refractivity contribution in [1.29, 1.82) is 0 Å². The molecule has 0 aromatic heterocycles. The van der Waals surface area contributed by atoms with E-state index < -0.39 is 11.0 Å². The van der Waals surface area contributed by atoms with Crippen LogP contribution in [0.2, 0.25) is 0 Å². The molecule has 0 aliphatic carbocycles. The zero-order valence-corrected chi connectivity index (χ0v) is 9.23. The highest BCUT2D eigenvalue weighted by Crippen LogP contribution is 2.35. The molecule has 16 heavy (non-hydrogen) atoms. The molecule has 5 N–H and O–H groups in total. The maximum atomic E-state index is 10.9. The van der Waals surface area contributed by atoms with E-state index in [9.17, 15) is 15.2 Å². The van der Waals surface area contributed by atoms with Gasteiger partial charge in [-0.1, -0.05) is 0 Å². The number of benzene rings is 1. The van der Waals surface area contributed by atoms with Crippen molar-refractivity contribution in [2.24, 2.45) is 11.5 Å². The molecule has 1 aromatic carbocycles. The van der Waals surface area contributed by atoms with E-state index in [1.807, 2.05) is 0 Å². The number of nitrogens with two attached hydrogens (primary N) is 2. The maximum absolute atomic E-state index is 10.9. The van der Waals surface area contributed by atoms with Crippen LogP contribution in [0.3, 0.4) is 0 Å². The van der Waals surface area contributed by atoms with Crippen LogP contribution in [0.1, 0.15) is 22.7 Å². The quantitative estimate of drug-likeness (QED) is 0.521. The summed E-state index contributed by atoms with van der Waals surface area (Å²) in [7, 11) is 0. The number of rotatable bonds is 3. The third-order valence-corrected chi connectivity index (χ3v) is 2.57. The molecule has 1 atom stereocenters. The van der Waals surface area contributed by atoms with Crippen molar-refractivity contribution in [3.8, 4) is 5.75 Å². The SMILES string of the molecule is Cc1cc(O)c([C@@H](N)CN)c(C)c1[N+](=O)[O-]. The molecule has 0 unspecified atom stereocenters. The minimum absolute atomic E-state index is 0.0169. The fraction of sp³-hybridized carbons (Fsp3) is 0.400. The molecule has 0 heterocycles. The standard InChI is InChI=1S/C10H15N3O3/c1-5-3-8(14)9(7(12)4-11)6(2)10(5)13(15)16/h3,7,14H,4,11-12H2,1-2H3/t7-/m0/s1. The van der Waals surface area contributed by atoms with Gasteiger partial charge in [-0.25, -0.2) is 0 Å². The Bertz CT molecular complexity index is 432. The molecule has 1 aromatic rings. The van der Waals surface area contributed by atoms with Crippen LogP contribution in [0.15, 0.2) is 6.07 Å². The Morgan fingerprint density at radius 3 is 2.56 bits per heavy atom. The third-order valence-electron chi connectivity index (χ3n) is 2.57. The Hall–Kier alpha value is -1.66. The molecule has 0 spiro atoms. The highest BCUT2D eigenvalue weighted by Gasteiger charge is 2.23. The number of nitrogens with zero attached hydrogens (tertiary/aromatic N) is 1. The predicted molar refractivity (Wildman–Crippen MR) is 60.2 cm³/mol. The summed E-state index contributed by atoms with van der Waals surface area (Å²) in [5.74, 6) is -0.0430. The second-order valence-electron chi connectivity index (χ2n) is 3.70. The van der Waals surface area contributed by atoms with Crippen LogP contribution >= 0.6 is 0 Å². The van der Waals surface area contributed by atoms with E-state index in [2.05, 4.69) is 0 Å². The lowest BCUT2D eigenvalue weighted by Crippen LogP contribution is -2.22. The lowest BCUT2D eigenvalue weighted by atomic mass is 9.96. The minimum Gasteiger partial charge on any atom is -0.508 e. The number of nitro benzene ring substituents is 1. The molecule has 0 saturated heterocycles. The van der Waals surface area contributed by atoms with Gasteiger partial charge in [0.15, 0.2) is 0 Å². The van der Waals surface area contributed by atoms with E-state index in [1.165, 1.54) is 6.07 Å². The Kier molecular flexibility index (Phi) is 3.46. The molecule has 0 amide bonds. The van der Waals surface area contributed by atoms with Gasteiger partial charge in [-0.2, -0.15) is 0 Å². The van der Waals surface area contributed by atoms with Gasteiger partial charge in [0.2, 0.25) is 0 Å². The summed E-state index contributed by atoms with van der Waals surface area (Å²) in [6.07, 6.45) is 0. The first-order valence-corrected chi connectivity index (χ1v) is 4.83. The summed E-state index contributed by atoms with van der Waals surface area (Å²) in [5, 5.41) is 20.6. The van der Waals surface area contributed by atoms with Gasteiger partial charge in [0, 0.05) is 29.3 Å². The van der Waals surface area contributed by atoms with Crippen LogP contribution in [-0.4, -0.2) is 16.6 Å². The summed E-state index contributed by atoms with van der Waals surface area (Å²) in [5.41, 5.74) is 12.2. The van der Waals surface area contributed by atoms with Gasteiger partial charge in [0.05, 0.1) is 4.92 Å². The first kappa shape index (κ1) is 12.4. The van der Waals surface area contributed by atoms with Crippen LogP contribution in [0.25, 0.3) is 0 Å². The summed E-state index contributed by atoms with van der Waals surface area (Å²) in [6.45, 7) is 3.26. The third kappa shape index (κ3) is 1.98.